The summed E-state index contributed by atoms with van der Waals surface area (Å²) in [5, 5.41) is 7.80. The first-order chi connectivity index (χ1) is 4.63. The normalized spacial score (nSPS) is 49.2. The molecule has 0 aromatic rings. The van der Waals surface area contributed by atoms with Gasteiger partial charge in [-0.25, -0.2) is 8.78 Å². The van der Waals surface area contributed by atoms with Crippen LogP contribution in [0.2, 0.25) is 0 Å². The van der Waals surface area contributed by atoms with Crippen LogP contribution in [-0.2, 0) is 0 Å². The lowest BCUT2D eigenvalue weighted by Crippen LogP contribution is -2.42. The highest BCUT2D eigenvalue weighted by atomic mass is 35.5. The van der Waals surface area contributed by atoms with Crippen LogP contribution in [0.3, 0.4) is 0 Å². The maximum Gasteiger partial charge on any atom is 0.128 e. The highest BCUT2D eigenvalue weighted by molar-refractivity contribution is 6.21. The Kier molecular flexibility index (Phi) is 2.47. The van der Waals surface area contributed by atoms with E-state index in [2.05, 4.69) is 0 Å². The summed E-state index contributed by atoms with van der Waals surface area (Å²) in [6.07, 6.45) is -3.75. The van der Waals surface area contributed by atoms with Gasteiger partial charge in [0.05, 0.1) is 5.38 Å². The smallest absolute Gasteiger partial charge is 0.128 e. The van der Waals surface area contributed by atoms with Gasteiger partial charge in [-0.15, -0.1) is 11.6 Å². The van der Waals surface area contributed by atoms with E-state index in [0.29, 0.717) is 0 Å². The van der Waals surface area contributed by atoms with Crippen molar-refractivity contribution in [1.29, 1.82) is 0 Å². The first kappa shape index (κ1) is 8.21. The van der Waals surface area contributed by atoms with E-state index in [1.807, 2.05) is 0 Å². The molecule has 4 heteroatoms. The Balaban J connectivity index is 2.52. The van der Waals surface area contributed by atoms with Crippen LogP contribution in [-0.4, -0.2) is 28.9 Å². The molecule has 1 N–H and O–H groups in total. The van der Waals surface area contributed by atoms with E-state index in [1.165, 1.54) is 0 Å². The van der Waals surface area contributed by atoms with Gasteiger partial charge in [-0.1, -0.05) is 0 Å². The maximum atomic E-state index is 12.5. The minimum atomic E-state index is -1.35. The standard InChI is InChI=1S/C6H9ClF2O/c7-5-3(8)1-2-4(9)6(5)10/h3-6,10H,1-2H2. The van der Waals surface area contributed by atoms with E-state index in [1.54, 1.807) is 0 Å². The average molecular weight is 171 g/mol. The summed E-state index contributed by atoms with van der Waals surface area (Å²) < 4.78 is 25.0. The van der Waals surface area contributed by atoms with Gasteiger partial charge in [0.15, 0.2) is 0 Å². The van der Waals surface area contributed by atoms with Crippen LogP contribution in [0.25, 0.3) is 0 Å². The SMILES string of the molecule is OC1C(F)CCC(F)C1Cl. The molecule has 0 heterocycles. The highest BCUT2D eigenvalue weighted by Gasteiger charge is 2.37. The van der Waals surface area contributed by atoms with Gasteiger partial charge in [0.25, 0.3) is 0 Å². The second-order valence-corrected chi connectivity index (χ2v) is 3.05. The van der Waals surface area contributed by atoms with Crippen molar-refractivity contribution in [3.8, 4) is 0 Å². The molecule has 4 unspecified atom stereocenters. The molecule has 0 saturated heterocycles. The molecule has 4 atom stereocenters. The minimum Gasteiger partial charge on any atom is -0.388 e. The summed E-state index contributed by atoms with van der Waals surface area (Å²) in [6.45, 7) is 0. The molecule has 0 bridgehead atoms. The fourth-order valence-corrected chi connectivity index (χ4v) is 1.35. The quantitative estimate of drug-likeness (QED) is 0.546. The summed E-state index contributed by atoms with van der Waals surface area (Å²) in [4.78, 5) is 0. The van der Waals surface area contributed by atoms with Crippen molar-refractivity contribution in [3.05, 3.63) is 0 Å². The molecular weight excluding hydrogens is 162 g/mol. The summed E-state index contributed by atoms with van der Waals surface area (Å²) in [7, 11) is 0. The number of hydrogen-bond acceptors (Lipinski definition) is 1. The molecule has 60 valence electrons. The summed E-state index contributed by atoms with van der Waals surface area (Å²) in [5.41, 5.74) is 0. The fraction of sp³-hybridized carbons (Fsp3) is 1.00. The predicted molar refractivity (Wildman–Crippen MR) is 34.7 cm³/mol. The molecule has 0 radical (unpaired) electrons. The summed E-state index contributed by atoms with van der Waals surface area (Å²) in [6, 6.07) is 0. The second-order valence-electron chi connectivity index (χ2n) is 2.54. The number of alkyl halides is 3. The fourth-order valence-electron chi connectivity index (χ4n) is 1.06. The van der Waals surface area contributed by atoms with Gasteiger partial charge in [0.2, 0.25) is 0 Å². The first-order valence-corrected chi connectivity index (χ1v) is 3.67. The summed E-state index contributed by atoms with van der Waals surface area (Å²) in [5.74, 6) is 0. The number of rotatable bonds is 0. The highest BCUT2D eigenvalue weighted by Crippen LogP contribution is 2.28. The van der Waals surface area contributed by atoms with Gasteiger partial charge >= 0.3 is 0 Å². The van der Waals surface area contributed by atoms with Crippen molar-refractivity contribution < 1.29 is 13.9 Å². The van der Waals surface area contributed by atoms with E-state index in [-0.39, 0.29) is 12.8 Å². The van der Waals surface area contributed by atoms with Crippen LogP contribution in [0.15, 0.2) is 0 Å². The molecular formula is C6H9ClF2O. The molecule has 10 heavy (non-hydrogen) atoms. The molecule has 1 fully saturated rings. The van der Waals surface area contributed by atoms with Gasteiger partial charge in [-0.3, -0.25) is 0 Å². The van der Waals surface area contributed by atoms with Gasteiger partial charge < -0.3 is 5.11 Å². The Labute approximate surface area is 63.0 Å². The molecule has 1 rings (SSSR count). The Hall–Kier alpha value is 0.110. The van der Waals surface area contributed by atoms with E-state index in [4.69, 9.17) is 16.7 Å². The summed E-state index contributed by atoms with van der Waals surface area (Å²) >= 11 is 5.35. The third kappa shape index (κ3) is 1.40. The van der Waals surface area contributed by atoms with Crippen LogP contribution in [0.5, 0.6) is 0 Å². The topological polar surface area (TPSA) is 20.2 Å². The Morgan fingerprint density at radius 3 is 2.20 bits per heavy atom. The number of aliphatic hydroxyl groups is 1. The monoisotopic (exact) mass is 170 g/mol. The lowest BCUT2D eigenvalue weighted by Gasteiger charge is -2.28. The second kappa shape index (κ2) is 3.01. The average Bonchev–Trinajstić information content (AvgIpc) is 1.93. The lowest BCUT2D eigenvalue weighted by atomic mass is 9.94. The first-order valence-electron chi connectivity index (χ1n) is 3.23. The lowest BCUT2D eigenvalue weighted by molar-refractivity contribution is 0.0174. The van der Waals surface area contributed by atoms with Crippen molar-refractivity contribution in [1.82, 2.24) is 0 Å². The van der Waals surface area contributed by atoms with Crippen molar-refractivity contribution in [3.63, 3.8) is 0 Å². The molecule has 0 aliphatic heterocycles. The largest absolute Gasteiger partial charge is 0.388 e. The van der Waals surface area contributed by atoms with E-state index >= 15 is 0 Å². The molecule has 1 nitrogen and oxygen atoms in total. The molecule has 0 aromatic carbocycles. The molecule has 0 spiro atoms. The minimum absolute atomic E-state index is 0.0750. The Bertz CT molecular complexity index is 108. The zero-order valence-electron chi connectivity index (χ0n) is 5.30. The zero-order valence-corrected chi connectivity index (χ0v) is 6.06. The molecule has 0 amide bonds. The Morgan fingerprint density at radius 1 is 1.20 bits per heavy atom. The van der Waals surface area contributed by atoms with Crippen LogP contribution >= 0.6 is 11.6 Å². The van der Waals surface area contributed by atoms with E-state index in [9.17, 15) is 8.78 Å². The molecule has 1 aliphatic carbocycles. The number of hydrogen-bond donors (Lipinski definition) is 1. The van der Waals surface area contributed by atoms with Crippen LogP contribution < -0.4 is 0 Å². The molecule has 1 saturated carbocycles. The maximum absolute atomic E-state index is 12.5. The zero-order chi connectivity index (χ0) is 7.72. The van der Waals surface area contributed by atoms with Gasteiger partial charge in [-0.2, -0.15) is 0 Å². The van der Waals surface area contributed by atoms with Crippen molar-refractivity contribution in [2.45, 2.75) is 36.7 Å². The number of halogens is 3. The Morgan fingerprint density at radius 2 is 1.70 bits per heavy atom. The van der Waals surface area contributed by atoms with Crippen LogP contribution in [0.4, 0.5) is 8.78 Å². The van der Waals surface area contributed by atoms with Crippen molar-refractivity contribution in [2.75, 3.05) is 0 Å². The number of aliphatic hydroxyl groups excluding tert-OH is 1. The van der Waals surface area contributed by atoms with Crippen molar-refractivity contribution >= 4 is 11.6 Å². The third-order valence-corrected chi connectivity index (χ3v) is 2.29. The van der Waals surface area contributed by atoms with E-state index in [0.717, 1.165) is 0 Å². The third-order valence-electron chi connectivity index (χ3n) is 1.76. The van der Waals surface area contributed by atoms with Crippen molar-refractivity contribution in [2.24, 2.45) is 0 Å². The predicted octanol–water partition coefficient (Wildman–Crippen LogP) is 1.42. The van der Waals surface area contributed by atoms with Gasteiger partial charge in [-0.05, 0) is 12.8 Å². The van der Waals surface area contributed by atoms with E-state index < -0.39 is 23.8 Å². The van der Waals surface area contributed by atoms with Crippen LogP contribution in [0.1, 0.15) is 12.8 Å². The van der Waals surface area contributed by atoms with Gasteiger partial charge in [0.1, 0.15) is 18.4 Å². The molecule has 0 aromatic heterocycles. The molecule has 1 aliphatic rings. The van der Waals surface area contributed by atoms with Crippen LogP contribution in [0, 0.1) is 0 Å². The van der Waals surface area contributed by atoms with Gasteiger partial charge in [0, 0.05) is 0 Å².